The Morgan fingerprint density at radius 1 is 1.20 bits per heavy atom. The van der Waals surface area contributed by atoms with Gasteiger partial charge in [0.25, 0.3) is 0 Å². The average Bonchev–Trinajstić information content (AvgIpc) is 2.74. The Bertz CT molecular complexity index is 446. The van der Waals surface area contributed by atoms with E-state index < -0.39 is 6.10 Å². The Morgan fingerprint density at radius 3 is 2.67 bits per heavy atom. The smallest absolute Gasteiger partial charge is 0.105 e. The highest BCUT2D eigenvalue weighted by Gasteiger charge is 2.12. The van der Waals surface area contributed by atoms with Gasteiger partial charge in [0.2, 0.25) is 0 Å². The van der Waals surface area contributed by atoms with Gasteiger partial charge in [-0.15, -0.1) is 0 Å². The van der Waals surface area contributed by atoms with Gasteiger partial charge >= 0.3 is 0 Å². The maximum Gasteiger partial charge on any atom is 0.105 e. The summed E-state index contributed by atoms with van der Waals surface area (Å²) in [6, 6.07) is 8.15. The first-order valence-electron chi connectivity index (χ1n) is 4.96. The second kappa shape index (κ2) is 4.17. The average molecular weight is 218 g/mol. The van der Waals surface area contributed by atoms with Crippen LogP contribution in [-0.2, 0) is 0 Å². The van der Waals surface area contributed by atoms with E-state index in [-0.39, 0.29) is 0 Å². The lowest BCUT2D eigenvalue weighted by Gasteiger charge is -2.13. The number of rotatable bonds is 2. The van der Waals surface area contributed by atoms with Crippen LogP contribution in [0.2, 0.25) is 0 Å². The molecule has 1 unspecified atom stereocenters. The standard InChI is InChI=1S/C13H14OS/c1-9-3-4-10(2)12(7-9)13(14)11-5-6-15-8-11/h3-8,13-14H,1-2H3. The summed E-state index contributed by atoms with van der Waals surface area (Å²) in [6.45, 7) is 4.08. The number of aliphatic hydroxyl groups excluding tert-OH is 1. The summed E-state index contributed by atoms with van der Waals surface area (Å²) >= 11 is 1.61. The molecule has 1 heterocycles. The van der Waals surface area contributed by atoms with Crippen LogP contribution >= 0.6 is 11.3 Å². The van der Waals surface area contributed by atoms with Crippen molar-refractivity contribution >= 4 is 11.3 Å². The SMILES string of the molecule is Cc1ccc(C)c(C(O)c2ccsc2)c1. The third-order valence-corrected chi connectivity index (χ3v) is 3.29. The van der Waals surface area contributed by atoms with Crippen LogP contribution in [0, 0.1) is 13.8 Å². The molecule has 0 fully saturated rings. The Hall–Kier alpha value is -1.12. The number of aryl methyl sites for hydroxylation is 2. The summed E-state index contributed by atoms with van der Waals surface area (Å²) in [5.41, 5.74) is 4.31. The molecule has 1 atom stereocenters. The van der Waals surface area contributed by atoms with Crippen molar-refractivity contribution in [3.63, 3.8) is 0 Å². The quantitative estimate of drug-likeness (QED) is 0.818. The predicted octanol–water partition coefficient (Wildman–Crippen LogP) is 3.45. The maximum absolute atomic E-state index is 10.2. The van der Waals surface area contributed by atoms with Crippen LogP contribution in [0.15, 0.2) is 35.0 Å². The van der Waals surface area contributed by atoms with E-state index in [0.717, 1.165) is 16.7 Å². The highest BCUT2D eigenvalue weighted by Crippen LogP contribution is 2.26. The van der Waals surface area contributed by atoms with E-state index in [9.17, 15) is 5.11 Å². The van der Waals surface area contributed by atoms with Crippen LogP contribution in [-0.4, -0.2) is 5.11 Å². The fourth-order valence-electron chi connectivity index (χ4n) is 1.66. The highest BCUT2D eigenvalue weighted by molar-refractivity contribution is 7.07. The minimum atomic E-state index is -0.490. The second-order valence-electron chi connectivity index (χ2n) is 3.82. The molecule has 0 aliphatic heterocycles. The van der Waals surface area contributed by atoms with Gasteiger partial charge in [0.15, 0.2) is 0 Å². The van der Waals surface area contributed by atoms with Gasteiger partial charge in [-0.1, -0.05) is 23.8 Å². The van der Waals surface area contributed by atoms with Crippen molar-refractivity contribution in [3.05, 3.63) is 57.3 Å². The molecule has 0 saturated carbocycles. The van der Waals surface area contributed by atoms with E-state index in [1.807, 2.05) is 30.7 Å². The van der Waals surface area contributed by atoms with Gasteiger partial charge in [-0.05, 0) is 47.4 Å². The predicted molar refractivity (Wildman–Crippen MR) is 64.3 cm³/mol. The Labute approximate surface area is 94.0 Å². The van der Waals surface area contributed by atoms with Crippen LogP contribution in [0.3, 0.4) is 0 Å². The zero-order valence-corrected chi connectivity index (χ0v) is 9.71. The minimum Gasteiger partial charge on any atom is -0.384 e. The maximum atomic E-state index is 10.2. The first-order valence-corrected chi connectivity index (χ1v) is 5.90. The molecule has 1 nitrogen and oxygen atoms in total. The number of benzene rings is 1. The van der Waals surface area contributed by atoms with Crippen molar-refractivity contribution in [3.8, 4) is 0 Å². The van der Waals surface area contributed by atoms with Crippen molar-refractivity contribution in [1.82, 2.24) is 0 Å². The molecule has 0 bridgehead atoms. The number of hydrogen-bond acceptors (Lipinski definition) is 2. The van der Waals surface area contributed by atoms with Crippen molar-refractivity contribution in [2.75, 3.05) is 0 Å². The molecule has 0 amide bonds. The molecular weight excluding hydrogens is 204 g/mol. The molecule has 0 aliphatic carbocycles. The fourth-order valence-corrected chi connectivity index (χ4v) is 2.34. The summed E-state index contributed by atoms with van der Waals surface area (Å²) in [5.74, 6) is 0. The van der Waals surface area contributed by atoms with Crippen LogP contribution in [0.25, 0.3) is 0 Å². The Balaban J connectivity index is 2.41. The Morgan fingerprint density at radius 2 is 2.00 bits per heavy atom. The summed E-state index contributed by atoms with van der Waals surface area (Å²) in [5, 5.41) is 14.2. The molecule has 0 aliphatic rings. The van der Waals surface area contributed by atoms with Gasteiger partial charge in [0, 0.05) is 0 Å². The minimum absolute atomic E-state index is 0.490. The summed E-state index contributed by atoms with van der Waals surface area (Å²) in [4.78, 5) is 0. The van der Waals surface area contributed by atoms with Crippen molar-refractivity contribution < 1.29 is 5.11 Å². The lowest BCUT2D eigenvalue weighted by molar-refractivity contribution is 0.220. The van der Waals surface area contributed by atoms with E-state index in [0.29, 0.717) is 0 Å². The van der Waals surface area contributed by atoms with E-state index in [2.05, 4.69) is 18.2 Å². The van der Waals surface area contributed by atoms with Gasteiger partial charge in [0.05, 0.1) is 0 Å². The van der Waals surface area contributed by atoms with Crippen molar-refractivity contribution in [2.24, 2.45) is 0 Å². The molecule has 2 aromatic rings. The number of aliphatic hydroxyl groups is 1. The molecule has 1 N–H and O–H groups in total. The summed E-state index contributed by atoms with van der Waals surface area (Å²) in [7, 11) is 0. The molecule has 0 spiro atoms. The second-order valence-corrected chi connectivity index (χ2v) is 4.60. The summed E-state index contributed by atoms with van der Waals surface area (Å²) < 4.78 is 0. The topological polar surface area (TPSA) is 20.2 Å². The molecule has 1 aromatic heterocycles. The first kappa shape index (κ1) is 10.4. The van der Waals surface area contributed by atoms with E-state index in [1.165, 1.54) is 5.56 Å². The van der Waals surface area contributed by atoms with Gasteiger partial charge in [0.1, 0.15) is 6.10 Å². The molecule has 0 radical (unpaired) electrons. The van der Waals surface area contributed by atoms with E-state index in [4.69, 9.17) is 0 Å². The molecule has 2 rings (SSSR count). The van der Waals surface area contributed by atoms with E-state index in [1.54, 1.807) is 11.3 Å². The summed E-state index contributed by atoms with van der Waals surface area (Å²) in [6.07, 6.45) is -0.490. The van der Waals surface area contributed by atoms with Crippen LogP contribution in [0.4, 0.5) is 0 Å². The van der Waals surface area contributed by atoms with Crippen LogP contribution in [0.5, 0.6) is 0 Å². The van der Waals surface area contributed by atoms with Gasteiger partial charge in [-0.2, -0.15) is 11.3 Å². The molecule has 78 valence electrons. The number of thiophene rings is 1. The molecule has 1 aromatic carbocycles. The molecule has 15 heavy (non-hydrogen) atoms. The normalized spacial score (nSPS) is 12.7. The van der Waals surface area contributed by atoms with Crippen molar-refractivity contribution in [1.29, 1.82) is 0 Å². The molecular formula is C13H14OS. The third-order valence-electron chi connectivity index (χ3n) is 2.59. The first-order chi connectivity index (χ1) is 7.18. The lowest BCUT2D eigenvalue weighted by atomic mass is 9.97. The van der Waals surface area contributed by atoms with Crippen molar-refractivity contribution in [2.45, 2.75) is 20.0 Å². The molecule has 2 heteroatoms. The zero-order chi connectivity index (χ0) is 10.8. The van der Waals surface area contributed by atoms with Crippen LogP contribution in [0.1, 0.15) is 28.4 Å². The fraction of sp³-hybridized carbons (Fsp3) is 0.231. The highest BCUT2D eigenvalue weighted by atomic mass is 32.1. The van der Waals surface area contributed by atoms with Crippen LogP contribution < -0.4 is 0 Å². The van der Waals surface area contributed by atoms with Gasteiger partial charge in [-0.25, -0.2) is 0 Å². The van der Waals surface area contributed by atoms with Gasteiger partial charge in [-0.3, -0.25) is 0 Å². The number of hydrogen-bond donors (Lipinski definition) is 1. The largest absolute Gasteiger partial charge is 0.384 e. The monoisotopic (exact) mass is 218 g/mol. The zero-order valence-electron chi connectivity index (χ0n) is 8.90. The lowest BCUT2D eigenvalue weighted by Crippen LogP contribution is -2.00. The Kier molecular flexibility index (Phi) is 2.89. The van der Waals surface area contributed by atoms with E-state index >= 15 is 0 Å². The van der Waals surface area contributed by atoms with Gasteiger partial charge < -0.3 is 5.11 Å². The third kappa shape index (κ3) is 2.11. The molecule has 0 saturated heterocycles.